The number of carbonyl (C=O) groups is 3. The number of amides is 3. The van der Waals surface area contributed by atoms with E-state index in [0.717, 1.165) is 41.2 Å². The highest BCUT2D eigenvalue weighted by atomic mass is 16.6. The van der Waals surface area contributed by atoms with Gasteiger partial charge in [0.1, 0.15) is 17.7 Å². The first-order chi connectivity index (χ1) is 19.9. The first kappa shape index (κ1) is 32.6. The second kappa shape index (κ2) is 14.8. The van der Waals surface area contributed by atoms with E-state index in [-0.39, 0.29) is 12.5 Å². The smallest absolute Gasteiger partial charge is 0.408 e. The highest BCUT2D eigenvalue weighted by molar-refractivity contribution is 6.00. The molecule has 8 nitrogen and oxygen atoms in total. The molecule has 2 atom stereocenters. The fraction of sp³-hybridized carbons (Fsp3) is 0.441. The van der Waals surface area contributed by atoms with E-state index in [1.807, 2.05) is 74.5 Å². The predicted molar refractivity (Wildman–Crippen MR) is 167 cm³/mol. The fourth-order valence-electron chi connectivity index (χ4n) is 5.03. The second-order valence-corrected chi connectivity index (χ2v) is 11.8. The molecule has 0 bridgehead atoms. The van der Waals surface area contributed by atoms with Crippen LogP contribution in [0.15, 0.2) is 60.7 Å². The van der Waals surface area contributed by atoms with Gasteiger partial charge in [0.05, 0.1) is 6.61 Å². The van der Waals surface area contributed by atoms with E-state index in [1.54, 1.807) is 20.8 Å². The number of fused-ring (bicyclic) bond motifs is 1. The molecule has 3 aromatic rings. The van der Waals surface area contributed by atoms with Crippen LogP contribution in [0.25, 0.3) is 10.8 Å². The summed E-state index contributed by atoms with van der Waals surface area (Å²) >= 11 is 0. The van der Waals surface area contributed by atoms with Crippen molar-refractivity contribution in [1.82, 2.24) is 10.2 Å². The third-order valence-corrected chi connectivity index (χ3v) is 6.84. The molecule has 0 spiro atoms. The van der Waals surface area contributed by atoms with Crippen LogP contribution >= 0.6 is 0 Å². The van der Waals surface area contributed by atoms with Gasteiger partial charge >= 0.3 is 6.09 Å². The van der Waals surface area contributed by atoms with Gasteiger partial charge in [-0.1, -0.05) is 85.8 Å². The number of aliphatic hydroxyl groups excluding tert-OH is 1. The van der Waals surface area contributed by atoms with Gasteiger partial charge in [-0.05, 0) is 69.5 Å². The van der Waals surface area contributed by atoms with Gasteiger partial charge in [-0.15, -0.1) is 0 Å². The van der Waals surface area contributed by atoms with Crippen LogP contribution in [0, 0.1) is 13.8 Å². The van der Waals surface area contributed by atoms with Gasteiger partial charge in [0.25, 0.3) is 5.91 Å². The first-order valence-corrected chi connectivity index (χ1v) is 14.7. The van der Waals surface area contributed by atoms with Crippen molar-refractivity contribution in [2.75, 3.05) is 18.5 Å². The number of nitrogens with one attached hydrogen (secondary N) is 2. The zero-order valence-electron chi connectivity index (χ0n) is 25.7. The van der Waals surface area contributed by atoms with Crippen LogP contribution in [-0.4, -0.2) is 52.7 Å². The lowest BCUT2D eigenvalue weighted by atomic mass is 9.98. The normalized spacial score (nSPS) is 12.8. The maximum absolute atomic E-state index is 14.1. The molecule has 2 unspecified atom stereocenters. The molecule has 0 aliphatic heterocycles. The largest absolute Gasteiger partial charge is 0.444 e. The number of hydrogen-bond donors (Lipinski definition) is 3. The standard InChI is InChI=1S/C34H45N3O5/c1-7-8-9-12-17-37(32(40)29(22-38)36-33(41)42-34(4,5)6)30(27-19-23(2)18-24(3)20-27)31(39)35-28-16-15-25-13-10-11-14-26(25)21-28/h10-11,13-16,18-21,29-30,38H,7-9,12,17,22H2,1-6H3,(H,35,39)(H,36,41). The molecule has 0 fully saturated rings. The third-order valence-electron chi connectivity index (χ3n) is 6.84. The van der Waals surface area contributed by atoms with Crippen molar-refractivity contribution in [3.63, 3.8) is 0 Å². The minimum Gasteiger partial charge on any atom is -0.444 e. The molecular weight excluding hydrogens is 530 g/mol. The van der Waals surface area contributed by atoms with E-state index in [2.05, 4.69) is 17.6 Å². The Labute approximate surface area is 249 Å². The summed E-state index contributed by atoms with van der Waals surface area (Å²) < 4.78 is 5.34. The Morgan fingerprint density at radius 1 is 0.905 bits per heavy atom. The van der Waals surface area contributed by atoms with Gasteiger partial charge in [-0.2, -0.15) is 0 Å². The number of aryl methyl sites for hydroxylation is 2. The SMILES string of the molecule is CCCCCCN(C(=O)C(CO)NC(=O)OC(C)(C)C)C(C(=O)Nc1ccc2ccccc2c1)c1cc(C)cc(C)c1. The summed E-state index contributed by atoms with van der Waals surface area (Å²) in [5.41, 5.74) is 2.39. The van der Waals surface area contributed by atoms with Gasteiger partial charge in [0.2, 0.25) is 5.91 Å². The molecule has 3 aromatic carbocycles. The van der Waals surface area contributed by atoms with Crippen molar-refractivity contribution in [1.29, 1.82) is 0 Å². The molecule has 226 valence electrons. The Hall–Kier alpha value is -3.91. The van der Waals surface area contributed by atoms with Crippen LogP contribution in [0.3, 0.4) is 0 Å². The number of hydrogen-bond acceptors (Lipinski definition) is 5. The maximum atomic E-state index is 14.1. The molecule has 3 N–H and O–H groups in total. The summed E-state index contributed by atoms with van der Waals surface area (Å²) in [4.78, 5) is 42.3. The number of aliphatic hydroxyl groups is 1. The van der Waals surface area contributed by atoms with Crippen molar-refractivity contribution in [2.45, 2.75) is 84.9 Å². The van der Waals surface area contributed by atoms with Crippen LogP contribution in [0.4, 0.5) is 10.5 Å². The molecule has 42 heavy (non-hydrogen) atoms. The second-order valence-electron chi connectivity index (χ2n) is 11.8. The molecule has 0 radical (unpaired) electrons. The number of carbonyl (C=O) groups excluding carboxylic acids is 3. The number of benzene rings is 3. The molecule has 8 heteroatoms. The lowest BCUT2D eigenvalue weighted by Crippen LogP contribution is -2.54. The summed E-state index contributed by atoms with van der Waals surface area (Å²) in [6.07, 6.45) is 2.71. The molecule has 0 aromatic heterocycles. The molecular formula is C34H45N3O5. The van der Waals surface area contributed by atoms with Gasteiger partial charge in [0, 0.05) is 12.2 Å². The third kappa shape index (κ3) is 9.31. The van der Waals surface area contributed by atoms with Gasteiger partial charge in [-0.25, -0.2) is 4.79 Å². The average Bonchev–Trinajstić information content (AvgIpc) is 2.91. The summed E-state index contributed by atoms with van der Waals surface area (Å²) in [5.74, 6) is -0.939. The minimum absolute atomic E-state index is 0.272. The quantitative estimate of drug-likeness (QED) is 0.216. The van der Waals surface area contributed by atoms with Crippen LogP contribution < -0.4 is 10.6 Å². The van der Waals surface area contributed by atoms with Crippen molar-refractivity contribution in [2.24, 2.45) is 0 Å². The zero-order chi connectivity index (χ0) is 30.9. The summed E-state index contributed by atoms with van der Waals surface area (Å²) in [5, 5.41) is 17.8. The number of rotatable bonds is 12. The van der Waals surface area contributed by atoms with Crippen LogP contribution in [0.2, 0.25) is 0 Å². The minimum atomic E-state index is -1.28. The lowest BCUT2D eigenvalue weighted by molar-refractivity contribution is -0.141. The van der Waals surface area contributed by atoms with Crippen molar-refractivity contribution >= 4 is 34.4 Å². The number of ether oxygens (including phenoxy) is 1. The lowest BCUT2D eigenvalue weighted by Gasteiger charge is -2.34. The molecule has 3 rings (SSSR count). The van der Waals surface area contributed by atoms with E-state index in [1.165, 1.54) is 4.90 Å². The van der Waals surface area contributed by atoms with Gasteiger partial charge in [0.15, 0.2) is 0 Å². The van der Waals surface area contributed by atoms with Crippen molar-refractivity contribution in [3.05, 3.63) is 77.4 Å². The van der Waals surface area contributed by atoms with Gasteiger partial charge in [-0.3, -0.25) is 9.59 Å². The number of anilines is 1. The van der Waals surface area contributed by atoms with E-state index < -0.39 is 36.3 Å². The van der Waals surface area contributed by atoms with E-state index in [0.29, 0.717) is 17.7 Å². The monoisotopic (exact) mass is 575 g/mol. The molecule has 0 heterocycles. The Balaban J connectivity index is 2.02. The van der Waals surface area contributed by atoms with Crippen molar-refractivity contribution in [3.8, 4) is 0 Å². The maximum Gasteiger partial charge on any atom is 0.408 e. The Morgan fingerprint density at radius 2 is 1.57 bits per heavy atom. The molecule has 0 saturated carbocycles. The number of alkyl carbamates (subject to hydrolysis) is 1. The first-order valence-electron chi connectivity index (χ1n) is 14.7. The Bertz CT molecular complexity index is 1360. The molecule has 0 aliphatic rings. The van der Waals surface area contributed by atoms with E-state index >= 15 is 0 Å². The summed E-state index contributed by atoms with van der Waals surface area (Å²) in [6, 6.07) is 17.1. The van der Waals surface area contributed by atoms with Crippen LogP contribution in [-0.2, 0) is 14.3 Å². The van der Waals surface area contributed by atoms with E-state index in [9.17, 15) is 19.5 Å². The van der Waals surface area contributed by atoms with E-state index in [4.69, 9.17) is 4.74 Å². The highest BCUT2D eigenvalue weighted by Crippen LogP contribution is 2.28. The van der Waals surface area contributed by atoms with Gasteiger partial charge < -0.3 is 25.4 Å². The van der Waals surface area contributed by atoms with Crippen LogP contribution in [0.5, 0.6) is 0 Å². The summed E-state index contributed by atoms with van der Waals surface area (Å²) in [6.45, 7) is 10.8. The summed E-state index contributed by atoms with van der Waals surface area (Å²) in [7, 11) is 0. The van der Waals surface area contributed by atoms with Crippen LogP contribution in [0.1, 0.15) is 76.1 Å². The predicted octanol–water partition coefficient (Wildman–Crippen LogP) is 6.43. The zero-order valence-corrected chi connectivity index (χ0v) is 25.7. The number of nitrogens with zero attached hydrogens (tertiary/aromatic N) is 1. The Morgan fingerprint density at radius 3 is 2.19 bits per heavy atom. The average molecular weight is 576 g/mol. The highest BCUT2D eigenvalue weighted by Gasteiger charge is 2.36. The fourth-order valence-corrected chi connectivity index (χ4v) is 5.03. The van der Waals surface area contributed by atoms with Crippen molar-refractivity contribution < 1.29 is 24.2 Å². The molecule has 3 amide bonds. The topological polar surface area (TPSA) is 108 Å². The molecule has 0 aliphatic carbocycles. The molecule has 0 saturated heterocycles. The number of unbranched alkanes of at least 4 members (excludes halogenated alkanes) is 3. The Kier molecular flexibility index (Phi) is 11.5.